The minimum absolute atomic E-state index is 0.156. The first-order valence-electron chi connectivity index (χ1n) is 4.92. The van der Waals surface area contributed by atoms with Crippen molar-refractivity contribution in [1.29, 1.82) is 0 Å². The Morgan fingerprint density at radius 1 is 1.53 bits per heavy atom. The van der Waals surface area contributed by atoms with Gasteiger partial charge in [-0.15, -0.1) is 0 Å². The third kappa shape index (κ3) is 4.18. The van der Waals surface area contributed by atoms with Crippen LogP contribution in [0.4, 0.5) is 10.1 Å². The summed E-state index contributed by atoms with van der Waals surface area (Å²) in [6.45, 7) is 5.24. The second-order valence-electron chi connectivity index (χ2n) is 3.33. The Morgan fingerprint density at radius 2 is 2.27 bits per heavy atom. The molecule has 1 aromatic carbocycles. The van der Waals surface area contributed by atoms with E-state index in [0.717, 1.165) is 10.2 Å². The van der Waals surface area contributed by atoms with Gasteiger partial charge in [0.2, 0.25) is 0 Å². The molecule has 1 aromatic rings. The van der Waals surface area contributed by atoms with Gasteiger partial charge in [0.1, 0.15) is 5.82 Å². The Hall–Kier alpha value is -0.610. The molecule has 15 heavy (non-hydrogen) atoms. The molecule has 1 N–H and O–H groups in total. The molecule has 4 heteroatoms. The van der Waals surface area contributed by atoms with Crippen LogP contribution in [0.1, 0.15) is 13.8 Å². The molecule has 1 atom stereocenters. The quantitative estimate of drug-likeness (QED) is 0.889. The van der Waals surface area contributed by atoms with Gasteiger partial charge in [0.15, 0.2) is 0 Å². The summed E-state index contributed by atoms with van der Waals surface area (Å²) in [4.78, 5) is 0. The second-order valence-corrected chi connectivity index (χ2v) is 4.18. The van der Waals surface area contributed by atoms with Crippen LogP contribution < -0.4 is 5.32 Å². The van der Waals surface area contributed by atoms with Crippen molar-refractivity contribution >= 4 is 21.6 Å². The van der Waals surface area contributed by atoms with Crippen molar-refractivity contribution < 1.29 is 9.13 Å². The molecule has 0 aliphatic carbocycles. The molecule has 0 aliphatic heterocycles. The molecule has 0 amide bonds. The Morgan fingerprint density at radius 3 is 2.93 bits per heavy atom. The number of hydrogen-bond acceptors (Lipinski definition) is 2. The van der Waals surface area contributed by atoms with E-state index in [4.69, 9.17) is 4.74 Å². The van der Waals surface area contributed by atoms with Crippen molar-refractivity contribution in [2.75, 3.05) is 18.5 Å². The first kappa shape index (κ1) is 12.5. The first-order chi connectivity index (χ1) is 7.13. The molecule has 0 spiro atoms. The van der Waals surface area contributed by atoms with Crippen molar-refractivity contribution in [1.82, 2.24) is 0 Å². The second kappa shape index (κ2) is 6.08. The fraction of sp³-hybridized carbons (Fsp3) is 0.455. The van der Waals surface area contributed by atoms with Crippen molar-refractivity contribution in [2.45, 2.75) is 19.9 Å². The lowest BCUT2D eigenvalue weighted by Crippen LogP contribution is -2.21. The van der Waals surface area contributed by atoms with E-state index in [9.17, 15) is 4.39 Å². The van der Waals surface area contributed by atoms with Gasteiger partial charge in [0.25, 0.3) is 0 Å². The van der Waals surface area contributed by atoms with Crippen LogP contribution >= 0.6 is 15.9 Å². The van der Waals surface area contributed by atoms with Crippen LogP contribution in [-0.4, -0.2) is 19.3 Å². The van der Waals surface area contributed by atoms with Crippen LogP contribution in [0.5, 0.6) is 0 Å². The molecule has 1 unspecified atom stereocenters. The van der Waals surface area contributed by atoms with Gasteiger partial charge in [-0.1, -0.05) is 0 Å². The zero-order valence-corrected chi connectivity index (χ0v) is 10.5. The average Bonchev–Trinajstić information content (AvgIpc) is 2.20. The fourth-order valence-corrected chi connectivity index (χ4v) is 1.57. The van der Waals surface area contributed by atoms with Gasteiger partial charge in [-0.05, 0) is 48.0 Å². The minimum atomic E-state index is -0.246. The maximum atomic E-state index is 13.0. The van der Waals surface area contributed by atoms with Crippen LogP contribution in [0.2, 0.25) is 0 Å². The molecule has 0 aliphatic rings. The SMILES string of the molecule is CCOCC(C)Nc1cc(F)ccc1Br. The lowest BCUT2D eigenvalue weighted by molar-refractivity contribution is 0.141. The highest BCUT2D eigenvalue weighted by Crippen LogP contribution is 2.23. The van der Waals surface area contributed by atoms with Gasteiger partial charge in [0, 0.05) is 17.1 Å². The largest absolute Gasteiger partial charge is 0.380 e. The number of rotatable bonds is 5. The Labute approximate surface area is 98.0 Å². The summed E-state index contributed by atoms with van der Waals surface area (Å²) in [7, 11) is 0. The van der Waals surface area contributed by atoms with Gasteiger partial charge in [0.05, 0.1) is 12.3 Å². The molecule has 0 bridgehead atoms. The van der Waals surface area contributed by atoms with E-state index in [0.29, 0.717) is 13.2 Å². The van der Waals surface area contributed by atoms with E-state index < -0.39 is 0 Å². The third-order valence-corrected chi connectivity index (χ3v) is 2.59. The molecule has 0 heterocycles. The molecule has 0 aromatic heterocycles. The third-order valence-electron chi connectivity index (χ3n) is 1.90. The van der Waals surface area contributed by atoms with Crippen molar-refractivity contribution in [3.63, 3.8) is 0 Å². The molecule has 1 rings (SSSR count). The molecule has 2 nitrogen and oxygen atoms in total. The number of halogens is 2. The lowest BCUT2D eigenvalue weighted by atomic mass is 10.2. The highest BCUT2D eigenvalue weighted by Gasteiger charge is 2.05. The predicted molar refractivity (Wildman–Crippen MR) is 63.7 cm³/mol. The summed E-state index contributed by atoms with van der Waals surface area (Å²) in [6.07, 6.45) is 0. The molecule has 0 saturated carbocycles. The molecule has 0 saturated heterocycles. The molecular formula is C11H15BrFNO. The van der Waals surface area contributed by atoms with Crippen LogP contribution in [0, 0.1) is 5.82 Å². The monoisotopic (exact) mass is 275 g/mol. The average molecular weight is 276 g/mol. The standard InChI is InChI=1S/C11H15BrFNO/c1-3-15-7-8(2)14-11-6-9(13)4-5-10(11)12/h4-6,8,14H,3,7H2,1-2H3. The summed E-state index contributed by atoms with van der Waals surface area (Å²) in [5, 5.41) is 3.17. The zero-order chi connectivity index (χ0) is 11.3. The van der Waals surface area contributed by atoms with Crippen molar-refractivity contribution in [3.05, 3.63) is 28.5 Å². The number of ether oxygens (including phenoxy) is 1. The Kier molecular flexibility index (Phi) is 5.05. The van der Waals surface area contributed by atoms with Crippen molar-refractivity contribution in [3.8, 4) is 0 Å². The number of benzene rings is 1. The van der Waals surface area contributed by atoms with E-state index in [-0.39, 0.29) is 11.9 Å². The summed E-state index contributed by atoms with van der Waals surface area (Å²) >= 11 is 3.36. The fourth-order valence-electron chi connectivity index (χ4n) is 1.21. The maximum Gasteiger partial charge on any atom is 0.125 e. The normalized spacial score (nSPS) is 12.5. The van der Waals surface area contributed by atoms with Crippen LogP contribution in [0.15, 0.2) is 22.7 Å². The van der Waals surface area contributed by atoms with Gasteiger partial charge < -0.3 is 10.1 Å². The topological polar surface area (TPSA) is 21.3 Å². The lowest BCUT2D eigenvalue weighted by Gasteiger charge is -2.16. The molecule has 84 valence electrons. The highest BCUT2D eigenvalue weighted by atomic mass is 79.9. The van der Waals surface area contributed by atoms with E-state index in [1.54, 1.807) is 6.07 Å². The van der Waals surface area contributed by atoms with Gasteiger partial charge in [-0.25, -0.2) is 4.39 Å². The number of anilines is 1. The Bertz CT molecular complexity index is 319. The zero-order valence-electron chi connectivity index (χ0n) is 8.89. The Balaban J connectivity index is 2.59. The van der Waals surface area contributed by atoms with E-state index in [1.165, 1.54) is 12.1 Å². The first-order valence-corrected chi connectivity index (χ1v) is 5.72. The smallest absolute Gasteiger partial charge is 0.125 e. The minimum Gasteiger partial charge on any atom is -0.380 e. The van der Waals surface area contributed by atoms with Crippen LogP contribution in [0.3, 0.4) is 0 Å². The summed E-state index contributed by atoms with van der Waals surface area (Å²) in [5.41, 5.74) is 0.752. The van der Waals surface area contributed by atoms with Gasteiger partial charge in [-0.3, -0.25) is 0 Å². The van der Waals surface area contributed by atoms with Crippen LogP contribution in [-0.2, 0) is 4.74 Å². The van der Waals surface area contributed by atoms with Crippen molar-refractivity contribution in [2.24, 2.45) is 0 Å². The van der Waals surface area contributed by atoms with E-state index in [1.807, 2.05) is 13.8 Å². The maximum absolute atomic E-state index is 13.0. The van der Waals surface area contributed by atoms with E-state index in [2.05, 4.69) is 21.2 Å². The van der Waals surface area contributed by atoms with E-state index >= 15 is 0 Å². The number of hydrogen-bond donors (Lipinski definition) is 1. The number of nitrogens with one attached hydrogen (secondary N) is 1. The van der Waals surface area contributed by atoms with Gasteiger partial charge >= 0.3 is 0 Å². The molecule has 0 fully saturated rings. The summed E-state index contributed by atoms with van der Waals surface area (Å²) in [6, 6.07) is 4.73. The summed E-state index contributed by atoms with van der Waals surface area (Å²) < 4.78 is 19.1. The summed E-state index contributed by atoms with van der Waals surface area (Å²) in [5.74, 6) is -0.246. The highest BCUT2D eigenvalue weighted by molar-refractivity contribution is 9.10. The van der Waals surface area contributed by atoms with Gasteiger partial charge in [-0.2, -0.15) is 0 Å². The molecular weight excluding hydrogens is 261 g/mol. The molecule has 0 radical (unpaired) electrons. The van der Waals surface area contributed by atoms with Crippen LogP contribution in [0.25, 0.3) is 0 Å². The predicted octanol–water partition coefficient (Wildman–Crippen LogP) is 3.43.